The van der Waals surface area contributed by atoms with Crippen LogP contribution < -0.4 is 5.32 Å². The molecular formula is C18H28N2O. The Labute approximate surface area is 128 Å². The molecule has 0 aliphatic heterocycles. The van der Waals surface area contributed by atoms with E-state index in [4.69, 9.17) is 4.74 Å². The molecule has 0 bridgehead atoms. The Morgan fingerprint density at radius 2 is 2.05 bits per heavy atom. The lowest BCUT2D eigenvalue weighted by Gasteiger charge is -2.39. The van der Waals surface area contributed by atoms with Gasteiger partial charge in [-0.2, -0.15) is 0 Å². The van der Waals surface area contributed by atoms with E-state index in [1.165, 1.54) is 36.8 Å². The summed E-state index contributed by atoms with van der Waals surface area (Å²) in [5.41, 5.74) is 2.98. The topological polar surface area (TPSA) is 24.5 Å². The number of hydrogen-bond donors (Lipinski definition) is 1. The molecule has 0 aromatic heterocycles. The molecule has 0 saturated heterocycles. The lowest BCUT2D eigenvalue weighted by molar-refractivity contribution is 0.0803. The summed E-state index contributed by atoms with van der Waals surface area (Å²) in [6, 6.07) is 9.86. The molecule has 116 valence electrons. The van der Waals surface area contributed by atoms with Crippen molar-refractivity contribution in [1.82, 2.24) is 10.2 Å². The molecule has 3 nitrogen and oxygen atoms in total. The van der Waals surface area contributed by atoms with Crippen molar-refractivity contribution in [1.29, 1.82) is 0 Å². The van der Waals surface area contributed by atoms with Crippen molar-refractivity contribution in [2.75, 3.05) is 33.9 Å². The van der Waals surface area contributed by atoms with Crippen LogP contribution in [0.15, 0.2) is 24.3 Å². The van der Waals surface area contributed by atoms with Gasteiger partial charge in [-0.1, -0.05) is 24.3 Å². The molecule has 0 amide bonds. The predicted octanol–water partition coefficient (Wildman–Crippen LogP) is 2.62. The fraction of sp³-hybridized carbons (Fsp3) is 0.667. The van der Waals surface area contributed by atoms with Crippen molar-refractivity contribution in [2.45, 2.75) is 37.8 Å². The third kappa shape index (κ3) is 3.65. The van der Waals surface area contributed by atoms with Gasteiger partial charge >= 0.3 is 0 Å². The Kier molecular flexibility index (Phi) is 4.94. The fourth-order valence-corrected chi connectivity index (χ4v) is 3.47. The Hall–Kier alpha value is -0.900. The first-order valence-corrected chi connectivity index (χ1v) is 8.32. The van der Waals surface area contributed by atoms with Crippen LogP contribution in [0.25, 0.3) is 0 Å². The minimum Gasteiger partial charge on any atom is -0.380 e. The van der Waals surface area contributed by atoms with Crippen LogP contribution in [0.2, 0.25) is 0 Å². The van der Waals surface area contributed by atoms with Crippen molar-refractivity contribution in [3.05, 3.63) is 35.4 Å². The molecule has 1 aromatic carbocycles. The van der Waals surface area contributed by atoms with E-state index < -0.39 is 0 Å². The normalized spacial score (nSPS) is 25.1. The fourth-order valence-electron chi connectivity index (χ4n) is 3.47. The maximum Gasteiger partial charge on any atom is 0.0593 e. The Morgan fingerprint density at radius 1 is 1.24 bits per heavy atom. The van der Waals surface area contributed by atoms with Gasteiger partial charge in [0.25, 0.3) is 0 Å². The summed E-state index contributed by atoms with van der Waals surface area (Å²) in [6.07, 6.45) is 5.15. The molecule has 1 N–H and O–H groups in total. The zero-order chi connectivity index (χ0) is 14.7. The van der Waals surface area contributed by atoms with E-state index in [2.05, 4.69) is 48.6 Å². The van der Waals surface area contributed by atoms with Gasteiger partial charge in [-0.3, -0.25) is 4.90 Å². The minimum absolute atomic E-state index is 0.434. The first-order chi connectivity index (χ1) is 10.3. The van der Waals surface area contributed by atoms with Crippen molar-refractivity contribution >= 4 is 0 Å². The molecule has 21 heavy (non-hydrogen) atoms. The maximum atomic E-state index is 5.80. The molecule has 1 aromatic rings. The van der Waals surface area contributed by atoms with Crippen molar-refractivity contribution in [3.8, 4) is 0 Å². The Bertz CT molecular complexity index is 458. The van der Waals surface area contributed by atoms with Gasteiger partial charge in [-0.25, -0.2) is 0 Å². The number of aryl methyl sites for hydroxylation is 1. The molecule has 0 heterocycles. The highest BCUT2D eigenvalue weighted by atomic mass is 16.5. The van der Waals surface area contributed by atoms with Crippen LogP contribution >= 0.6 is 0 Å². The predicted molar refractivity (Wildman–Crippen MR) is 86.5 cm³/mol. The van der Waals surface area contributed by atoms with Crippen LogP contribution in [-0.4, -0.2) is 44.8 Å². The number of ether oxygens (including phenoxy) is 1. The molecule has 1 saturated carbocycles. The second kappa shape index (κ2) is 6.91. The molecule has 0 spiro atoms. The molecule has 0 radical (unpaired) electrons. The molecule has 3 rings (SSSR count). The number of fused-ring (bicyclic) bond motifs is 1. The monoisotopic (exact) mass is 288 g/mol. The van der Waals surface area contributed by atoms with Gasteiger partial charge < -0.3 is 10.1 Å². The Balaban J connectivity index is 1.56. The summed E-state index contributed by atoms with van der Waals surface area (Å²) < 4.78 is 5.80. The largest absolute Gasteiger partial charge is 0.380 e. The lowest BCUT2D eigenvalue weighted by Crippen LogP contribution is -2.45. The quantitative estimate of drug-likeness (QED) is 0.781. The van der Waals surface area contributed by atoms with Gasteiger partial charge in [0.2, 0.25) is 0 Å². The van der Waals surface area contributed by atoms with Gasteiger partial charge in [0.1, 0.15) is 0 Å². The Morgan fingerprint density at radius 3 is 2.81 bits per heavy atom. The van der Waals surface area contributed by atoms with Gasteiger partial charge in [0, 0.05) is 25.2 Å². The van der Waals surface area contributed by atoms with Crippen LogP contribution in [0.1, 0.15) is 36.4 Å². The summed E-state index contributed by atoms with van der Waals surface area (Å²) in [4.78, 5) is 2.48. The summed E-state index contributed by atoms with van der Waals surface area (Å²) in [7, 11) is 4.32. The number of likely N-dealkylation sites (N-methyl/N-ethyl adjacent to an activating group) is 2. The van der Waals surface area contributed by atoms with E-state index in [9.17, 15) is 0 Å². The number of hydrogen-bond acceptors (Lipinski definition) is 3. The molecule has 2 aliphatic rings. The van der Waals surface area contributed by atoms with E-state index in [-0.39, 0.29) is 0 Å². The third-order valence-corrected chi connectivity index (χ3v) is 5.00. The molecule has 2 atom stereocenters. The number of rotatable bonds is 7. The van der Waals surface area contributed by atoms with E-state index >= 15 is 0 Å². The number of nitrogens with zero attached hydrogens (tertiary/aromatic N) is 1. The number of benzene rings is 1. The zero-order valence-corrected chi connectivity index (χ0v) is 13.3. The smallest absolute Gasteiger partial charge is 0.0593 e. The van der Waals surface area contributed by atoms with Crippen LogP contribution in [0.4, 0.5) is 0 Å². The second-order valence-corrected chi connectivity index (χ2v) is 6.57. The first-order valence-electron chi connectivity index (χ1n) is 8.32. The number of nitrogens with one attached hydrogen (secondary N) is 1. The van der Waals surface area contributed by atoms with Crippen molar-refractivity contribution < 1.29 is 4.74 Å². The maximum absolute atomic E-state index is 5.80. The highest BCUT2D eigenvalue weighted by molar-refractivity contribution is 5.33. The van der Waals surface area contributed by atoms with Crippen LogP contribution in [0.3, 0.4) is 0 Å². The van der Waals surface area contributed by atoms with Crippen molar-refractivity contribution in [2.24, 2.45) is 5.92 Å². The van der Waals surface area contributed by atoms with Crippen molar-refractivity contribution in [3.63, 3.8) is 0 Å². The molecule has 2 unspecified atom stereocenters. The lowest BCUT2D eigenvalue weighted by atomic mass is 9.83. The van der Waals surface area contributed by atoms with Gasteiger partial charge in [-0.05, 0) is 56.8 Å². The SMILES string of the molecule is CNC1c2ccccc2CCC1N(C)CCOCC1CC1. The highest BCUT2D eigenvalue weighted by Crippen LogP contribution is 2.32. The van der Waals surface area contributed by atoms with Gasteiger partial charge in [-0.15, -0.1) is 0 Å². The molecule has 3 heteroatoms. The molecular weight excluding hydrogens is 260 g/mol. The summed E-state index contributed by atoms with van der Waals surface area (Å²) in [6.45, 7) is 2.86. The first kappa shape index (κ1) is 15.0. The van der Waals surface area contributed by atoms with E-state index in [1.807, 2.05) is 0 Å². The molecule has 2 aliphatic carbocycles. The summed E-state index contributed by atoms with van der Waals surface area (Å²) in [5.74, 6) is 0.863. The standard InChI is InChI=1S/C18H28N2O/c1-19-18-16-6-4-3-5-15(16)9-10-17(18)20(2)11-12-21-13-14-7-8-14/h3-6,14,17-19H,7-13H2,1-2H3. The second-order valence-electron chi connectivity index (χ2n) is 6.57. The average Bonchev–Trinajstić information content (AvgIpc) is 3.34. The van der Waals surface area contributed by atoms with Crippen LogP contribution in [-0.2, 0) is 11.2 Å². The van der Waals surface area contributed by atoms with Crippen LogP contribution in [0.5, 0.6) is 0 Å². The highest BCUT2D eigenvalue weighted by Gasteiger charge is 2.30. The van der Waals surface area contributed by atoms with E-state index in [0.29, 0.717) is 12.1 Å². The summed E-state index contributed by atoms with van der Waals surface area (Å²) >= 11 is 0. The summed E-state index contributed by atoms with van der Waals surface area (Å²) in [5, 5.41) is 3.53. The minimum atomic E-state index is 0.434. The zero-order valence-electron chi connectivity index (χ0n) is 13.3. The van der Waals surface area contributed by atoms with Gasteiger partial charge in [0.15, 0.2) is 0 Å². The van der Waals surface area contributed by atoms with Crippen LogP contribution in [0, 0.1) is 5.92 Å². The van der Waals surface area contributed by atoms with E-state index in [1.54, 1.807) is 0 Å². The average molecular weight is 288 g/mol. The van der Waals surface area contributed by atoms with E-state index in [0.717, 1.165) is 25.7 Å². The third-order valence-electron chi connectivity index (χ3n) is 5.00. The molecule has 1 fully saturated rings. The van der Waals surface area contributed by atoms with Gasteiger partial charge in [0.05, 0.1) is 6.61 Å².